The van der Waals surface area contributed by atoms with Crippen LogP contribution in [0.25, 0.3) is 38.0 Å². The van der Waals surface area contributed by atoms with Crippen LogP contribution in [0.2, 0.25) is 0 Å². The molecule has 1 aromatic rings. The Hall–Kier alpha value is -4.11. The molecule has 3 rings (SSSR count). The number of nitrogens with zero attached hydrogens (tertiary/aromatic N) is 6. The smallest absolute Gasteiger partial charge is 0.233 e. The van der Waals surface area contributed by atoms with Crippen LogP contribution in [-0.2, 0) is 15.1 Å². The average Bonchev–Trinajstić information content (AvgIpc) is 2.67. The second-order valence-corrected chi connectivity index (χ2v) is 5.74. The van der Waals surface area contributed by atoms with Gasteiger partial charge in [0, 0.05) is 17.7 Å². The number of Topliss-reactive ketones (excluding diaryl/α,β-unsaturated/α-hetero) is 1. The van der Waals surface area contributed by atoms with Crippen molar-refractivity contribution in [3.63, 3.8) is 0 Å². The van der Waals surface area contributed by atoms with Crippen LogP contribution in [0.3, 0.4) is 0 Å². The SMILES string of the molecule is NC1=CC(=S(=O)=O)CC=C1.O=C1C=Cc2ccccc2C1=O.[N-]=[N+]=[N-].[N-]=[N+]=[N-]. The predicted molar refractivity (Wildman–Crippen MR) is 105 cm³/mol. The second kappa shape index (κ2) is 13.1. The maximum Gasteiger partial charge on any atom is 0.233 e. The van der Waals surface area contributed by atoms with Gasteiger partial charge in [0.15, 0.2) is 0 Å². The highest BCUT2D eigenvalue weighted by molar-refractivity contribution is 7.73. The molecular weight excluding hydrogens is 386 g/mol. The molecule has 28 heavy (non-hydrogen) atoms. The minimum absolute atomic E-state index is 0.347. The number of hydrogen-bond donors (Lipinski definition) is 1. The van der Waals surface area contributed by atoms with Crippen LogP contribution >= 0.6 is 0 Å². The summed E-state index contributed by atoms with van der Waals surface area (Å²) >= 11 is 0. The van der Waals surface area contributed by atoms with Crippen LogP contribution in [0.1, 0.15) is 22.3 Å². The second-order valence-electron chi connectivity index (χ2n) is 4.74. The molecule has 0 atom stereocenters. The molecule has 0 spiro atoms. The summed E-state index contributed by atoms with van der Waals surface area (Å²) in [4.78, 5) is 25.5. The van der Waals surface area contributed by atoms with E-state index in [2.05, 4.69) is 0 Å². The van der Waals surface area contributed by atoms with E-state index in [1.807, 2.05) is 12.1 Å². The molecule has 0 aliphatic heterocycles. The topological polar surface area (TPSA) is 212 Å². The Morgan fingerprint density at radius 3 is 2.00 bits per heavy atom. The first-order valence-corrected chi connectivity index (χ1v) is 8.31. The number of carbonyl (C=O) groups is 2. The molecule has 0 aromatic heterocycles. The molecule has 11 nitrogen and oxygen atoms in total. The van der Waals surface area contributed by atoms with Gasteiger partial charge in [-0.15, -0.1) is 0 Å². The van der Waals surface area contributed by atoms with E-state index in [9.17, 15) is 18.0 Å². The molecule has 2 aliphatic rings. The van der Waals surface area contributed by atoms with Crippen LogP contribution in [0.15, 0.2) is 54.3 Å². The maximum absolute atomic E-state index is 11.2. The summed E-state index contributed by atoms with van der Waals surface area (Å²) in [5, 5.41) is 0. The van der Waals surface area contributed by atoms with Crippen molar-refractivity contribution in [2.24, 2.45) is 5.73 Å². The lowest BCUT2D eigenvalue weighted by Crippen LogP contribution is -2.15. The number of benzene rings is 1. The van der Waals surface area contributed by atoms with Gasteiger partial charge in [-0.2, -0.15) is 8.42 Å². The Balaban J connectivity index is 0.000000413. The minimum Gasteiger partial charge on any atom is -0.399 e. The van der Waals surface area contributed by atoms with Crippen LogP contribution < -0.4 is 5.73 Å². The van der Waals surface area contributed by atoms with E-state index in [0.717, 1.165) is 5.56 Å². The molecule has 2 N–H and O–H groups in total. The van der Waals surface area contributed by atoms with Crippen molar-refractivity contribution in [3.8, 4) is 0 Å². The number of hydrogen-bond acceptors (Lipinski definition) is 5. The van der Waals surface area contributed by atoms with Crippen LogP contribution in [0.4, 0.5) is 0 Å². The van der Waals surface area contributed by atoms with Crippen LogP contribution in [-0.4, -0.2) is 24.8 Å². The van der Waals surface area contributed by atoms with E-state index in [4.69, 9.17) is 27.9 Å². The van der Waals surface area contributed by atoms with Crippen molar-refractivity contribution < 1.29 is 18.0 Å². The first kappa shape index (κ1) is 23.9. The summed E-state index contributed by atoms with van der Waals surface area (Å²) in [7, 11) is -2.11. The molecule has 12 heteroatoms. The molecule has 0 radical (unpaired) electrons. The first-order valence-electron chi connectivity index (χ1n) is 7.23. The zero-order valence-corrected chi connectivity index (χ0v) is 15.0. The molecule has 0 saturated carbocycles. The van der Waals surface area contributed by atoms with Crippen molar-refractivity contribution in [3.05, 3.63) is 97.3 Å². The van der Waals surface area contributed by atoms with Crippen molar-refractivity contribution in [1.29, 1.82) is 0 Å². The maximum atomic E-state index is 11.2. The molecule has 0 amide bonds. The third kappa shape index (κ3) is 8.32. The highest BCUT2D eigenvalue weighted by Gasteiger charge is 2.19. The third-order valence-corrected chi connectivity index (χ3v) is 3.73. The normalized spacial score (nSPS) is 12.9. The third-order valence-electron chi connectivity index (χ3n) is 3.01. The molecule has 0 unspecified atom stereocenters. The lowest BCUT2D eigenvalue weighted by atomic mass is 9.96. The van der Waals surface area contributed by atoms with Crippen LogP contribution in [0, 0.1) is 0 Å². The molecule has 144 valence electrons. The molecule has 0 saturated heterocycles. The summed E-state index contributed by atoms with van der Waals surface area (Å²) in [6, 6.07) is 7.07. The zero-order chi connectivity index (χ0) is 21.5. The van der Waals surface area contributed by atoms with Gasteiger partial charge in [0.1, 0.15) is 0 Å². The van der Waals surface area contributed by atoms with E-state index in [0.29, 0.717) is 22.5 Å². The summed E-state index contributed by atoms with van der Waals surface area (Å²) < 4.78 is 20.7. The summed E-state index contributed by atoms with van der Waals surface area (Å²) in [5.74, 6) is -0.846. The van der Waals surface area contributed by atoms with E-state index < -0.39 is 21.9 Å². The van der Waals surface area contributed by atoms with E-state index in [1.165, 1.54) is 22.0 Å². The van der Waals surface area contributed by atoms with E-state index in [-0.39, 0.29) is 0 Å². The first-order chi connectivity index (χ1) is 13.3. The Bertz CT molecular complexity index is 1020. The van der Waals surface area contributed by atoms with Gasteiger partial charge in [-0.05, 0) is 23.8 Å². The van der Waals surface area contributed by atoms with Gasteiger partial charge in [0.05, 0.1) is 4.86 Å². The van der Waals surface area contributed by atoms with Gasteiger partial charge in [0.2, 0.25) is 21.9 Å². The van der Waals surface area contributed by atoms with Gasteiger partial charge < -0.3 is 27.9 Å². The molecule has 1 aromatic carbocycles. The van der Waals surface area contributed by atoms with E-state index in [1.54, 1.807) is 30.4 Å². The standard InChI is InChI=1S/C10H6O2.C6H7NO2S.2N3/c11-9-6-5-7-3-1-2-4-8(7)10(9)12;7-5-2-1-3-6(4-5)10(8)9;2*1-3-2/h1-6H;1-2,4H,3,7H2;;/q;;2*-1. The average molecular weight is 399 g/mol. The van der Waals surface area contributed by atoms with E-state index >= 15 is 0 Å². The Kier molecular flexibility index (Phi) is 11.2. The lowest BCUT2D eigenvalue weighted by molar-refractivity contribution is -0.110. The number of nitrogens with two attached hydrogens (primary N) is 1. The number of rotatable bonds is 0. The minimum atomic E-state index is -2.11. The summed E-state index contributed by atoms with van der Waals surface area (Å²) in [6.45, 7) is 0. The van der Waals surface area contributed by atoms with Gasteiger partial charge in [-0.3, -0.25) is 19.4 Å². The fraction of sp³-hybridized carbons (Fsp3) is 0.0625. The van der Waals surface area contributed by atoms with Crippen molar-refractivity contribution in [2.45, 2.75) is 6.42 Å². The molecule has 0 heterocycles. The number of fused-ring (bicyclic) bond motifs is 1. The Morgan fingerprint density at radius 1 is 0.929 bits per heavy atom. The fourth-order valence-corrected chi connectivity index (χ4v) is 2.41. The van der Waals surface area contributed by atoms with Crippen molar-refractivity contribution in [1.82, 2.24) is 0 Å². The van der Waals surface area contributed by atoms with Gasteiger partial charge in [0.25, 0.3) is 0 Å². The molecule has 0 fully saturated rings. The largest absolute Gasteiger partial charge is 0.399 e. The van der Waals surface area contributed by atoms with Gasteiger partial charge in [-0.25, -0.2) is 0 Å². The van der Waals surface area contributed by atoms with Crippen LogP contribution in [0.5, 0.6) is 0 Å². The zero-order valence-electron chi connectivity index (χ0n) is 14.2. The number of allylic oxidation sites excluding steroid dienone is 4. The summed E-state index contributed by atoms with van der Waals surface area (Å²) in [5.41, 5.74) is 34.2. The highest BCUT2D eigenvalue weighted by Crippen LogP contribution is 2.16. The Labute approximate surface area is 160 Å². The highest BCUT2D eigenvalue weighted by atomic mass is 32.2. The molecule has 2 aliphatic carbocycles. The summed E-state index contributed by atoms with van der Waals surface area (Å²) in [6.07, 6.45) is 8.31. The van der Waals surface area contributed by atoms with Crippen molar-refractivity contribution in [2.75, 3.05) is 0 Å². The van der Waals surface area contributed by atoms with Gasteiger partial charge in [-0.1, -0.05) is 36.4 Å². The molecule has 0 bridgehead atoms. The number of ketones is 2. The quantitative estimate of drug-likeness (QED) is 0.228. The monoisotopic (exact) mass is 399 g/mol. The van der Waals surface area contributed by atoms with Crippen molar-refractivity contribution >= 4 is 32.8 Å². The lowest BCUT2D eigenvalue weighted by Gasteiger charge is -2.06. The Morgan fingerprint density at radius 2 is 1.50 bits per heavy atom. The number of carbonyl (C=O) groups excluding carboxylic acids is 2. The predicted octanol–water partition coefficient (Wildman–Crippen LogP) is 3.04. The molecular formula is C16H13N7O4S-2. The fourth-order valence-electron chi connectivity index (χ4n) is 1.94. The van der Waals surface area contributed by atoms with Gasteiger partial charge >= 0.3 is 0 Å².